The van der Waals surface area contributed by atoms with Crippen LogP contribution < -0.4 is 10.6 Å². The Morgan fingerprint density at radius 1 is 1.06 bits per heavy atom. The number of rotatable bonds is 7. The molecular formula is C34H38N2. The van der Waals surface area contributed by atoms with Crippen molar-refractivity contribution in [1.82, 2.24) is 9.13 Å². The van der Waals surface area contributed by atoms with Gasteiger partial charge in [0.2, 0.25) is 0 Å². The average Bonchev–Trinajstić information content (AvgIpc) is 3.38. The minimum Gasteiger partial charge on any atom is -0.334 e. The molecule has 2 heteroatoms. The fraction of sp³-hybridized carbons (Fsp3) is 0.294. The molecule has 0 saturated carbocycles. The van der Waals surface area contributed by atoms with Gasteiger partial charge in [0, 0.05) is 33.2 Å². The molecule has 0 fully saturated rings. The molecule has 0 aliphatic heterocycles. The lowest BCUT2D eigenvalue weighted by molar-refractivity contribution is 0.614. The van der Waals surface area contributed by atoms with Crippen LogP contribution >= 0.6 is 0 Å². The molecule has 0 amide bonds. The highest BCUT2D eigenvalue weighted by Crippen LogP contribution is 2.29. The Bertz CT molecular complexity index is 1590. The summed E-state index contributed by atoms with van der Waals surface area (Å²) in [6.07, 6.45) is 21.6. The number of nitrogens with zero attached hydrogens (tertiary/aromatic N) is 2. The summed E-state index contributed by atoms with van der Waals surface area (Å²) in [6, 6.07) is 18.1. The summed E-state index contributed by atoms with van der Waals surface area (Å²) in [6.45, 7) is 8.99. The normalized spacial score (nSPS) is 15.7. The van der Waals surface area contributed by atoms with Gasteiger partial charge in [0.1, 0.15) is 0 Å². The Morgan fingerprint density at radius 3 is 2.64 bits per heavy atom. The molecule has 1 atom stereocenters. The van der Waals surface area contributed by atoms with E-state index in [-0.39, 0.29) is 6.04 Å². The number of aromatic nitrogens is 2. The maximum atomic E-state index is 2.62. The fourth-order valence-electron chi connectivity index (χ4n) is 5.80. The Labute approximate surface area is 215 Å². The van der Waals surface area contributed by atoms with Crippen LogP contribution in [0.5, 0.6) is 0 Å². The van der Waals surface area contributed by atoms with Crippen molar-refractivity contribution in [2.45, 2.75) is 65.8 Å². The topological polar surface area (TPSA) is 9.86 Å². The van der Waals surface area contributed by atoms with Crippen LogP contribution in [-0.4, -0.2) is 9.13 Å². The summed E-state index contributed by atoms with van der Waals surface area (Å²) < 4.78 is 4.94. The highest BCUT2D eigenvalue weighted by molar-refractivity contribution is 5.98. The zero-order chi connectivity index (χ0) is 25.1. The lowest BCUT2D eigenvalue weighted by atomic mass is 10.0. The van der Waals surface area contributed by atoms with Crippen molar-refractivity contribution in [2.75, 3.05) is 0 Å². The van der Waals surface area contributed by atoms with Crippen LogP contribution in [0, 0.1) is 0 Å². The monoisotopic (exact) mass is 474 g/mol. The van der Waals surface area contributed by atoms with Crippen molar-refractivity contribution in [3.63, 3.8) is 0 Å². The number of allylic oxidation sites excluding steroid dienone is 6. The molecule has 5 rings (SSSR count). The lowest BCUT2D eigenvalue weighted by Gasteiger charge is -2.19. The van der Waals surface area contributed by atoms with E-state index in [1.54, 1.807) is 0 Å². The van der Waals surface area contributed by atoms with Gasteiger partial charge in [-0.15, -0.1) is 0 Å². The van der Waals surface area contributed by atoms with Gasteiger partial charge in [-0.2, -0.15) is 0 Å². The van der Waals surface area contributed by atoms with Crippen molar-refractivity contribution in [3.8, 4) is 5.69 Å². The second-order valence-corrected chi connectivity index (χ2v) is 9.81. The first-order valence-electron chi connectivity index (χ1n) is 13.6. The van der Waals surface area contributed by atoms with E-state index in [4.69, 9.17) is 0 Å². The molecule has 0 N–H and O–H groups in total. The molecule has 0 saturated heterocycles. The number of fused-ring (bicyclic) bond motifs is 4. The Kier molecular flexibility index (Phi) is 7.13. The molecule has 4 aromatic rings. The minimum atomic E-state index is 0.289. The van der Waals surface area contributed by atoms with Crippen LogP contribution in [0.2, 0.25) is 0 Å². The lowest BCUT2D eigenvalue weighted by Crippen LogP contribution is -2.32. The quantitative estimate of drug-likeness (QED) is 0.239. The van der Waals surface area contributed by atoms with Crippen molar-refractivity contribution >= 4 is 33.5 Å². The largest absolute Gasteiger partial charge is 0.334 e. The molecule has 2 heterocycles. The maximum absolute atomic E-state index is 2.62. The van der Waals surface area contributed by atoms with E-state index in [1.807, 2.05) is 0 Å². The highest BCUT2D eigenvalue weighted by atomic mass is 15.0. The van der Waals surface area contributed by atoms with Crippen molar-refractivity contribution < 1.29 is 0 Å². The summed E-state index contributed by atoms with van der Waals surface area (Å²) in [5, 5.41) is 5.47. The van der Waals surface area contributed by atoms with Crippen LogP contribution in [0.1, 0.15) is 65.8 Å². The summed E-state index contributed by atoms with van der Waals surface area (Å²) in [5.41, 5.74) is 6.73. The van der Waals surface area contributed by atoms with Gasteiger partial charge in [-0.05, 0) is 87.4 Å². The summed E-state index contributed by atoms with van der Waals surface area (Å²) in [4.78, 5) is 0. The van der Waals surface area contributed by atoms with Crippen LogP contribution in [0.25, 0.3) is 39.1 Å². The standard InChI is InChI=1S/C34H38N2/c1-5-8-10-16-26(7-3)25(4)36-31-20-14-13-17-27(15-6-2)34(31)30-24-32-28(23-33(30)36)21-22-35(32)29-18-11-9-12-19-29/h6,8-12,15-16,18-25H,5,7,13-14,17H2,1-4H3/b10-8-,15-6-,26-16-. The third-order valence-electron chi connectivity index (χ3n) is 7.58. The first-order valence-corrected chi connectivity index (χ1v) is 13.6. The van der Waals surface area contributed by atoms with E-state index in [2.05, 4.69) is 128 Å². The molecule has 36 heavy (non-hydrogen) atoms. The van der Waals surface area contributed by atoms with Crippen LogP contribution in [0.15, 0.2) is 90.7 Å². The summed E-state index contributed by atoms with van der Waals surface area (Å²) in [5.74, 6) is 0. The van der Waals surface area contributed by atoms with Gasteiger partial charge in [-0.1, -0.05) is 68.5 Å². The Hall–Kier alpha value is -3.52. The molecule has 0 spiro atoms. The first kappa shape index (κ1) is 24.2. The van der Waals surface area contributed by atoms with E-state index in [0.29, 0.717) is 0 Å². The van der Waals surface area contributed by atoms with Crippen LogP contribution in [0.4, 0.5) is 0 Å². The predicted octanol–water partition coefficient (Wildman–Crippen LogP) is 8.14. The molecule has 0 radical (unpaired) electrons. The number of hydrogen-bond donors (Lipinski definition) is 0. The van der Waals surface area contributed by atoms with Crippen molar-refractivity contribution in [2.24, 2.45) is 0 Å². The third-order valence-corrected chi connectivity index (χ3v) is 7.58. The highest BCUT2D eigenvalue weighted by Gasteiger charge is 2.19. The van der Waals surface area contributed by atoms with Gasteiger partial charge >= 0.3 is 0 Å². The Balaban J connectivity index is 1.87. The van der Waals surface area contributed by atoms with Crippen LogP contribution in [0.3, 0.4) is 0 Å². The van der Waals surface area contributed by atoms with Gasteiger partial charge in [-0.3, -0.25) is 0 Å². The maximum Gasteiger partial charge on any atom is 0.0536 e. The molecule has 2 aromatic heterocycles. The predicted molar refractivity (Wildman–Crippen MR) is 157 cm³/mol. The smallest absolute Gasteiger partial charge is 0.0536 e. The van der Waals surface area contributed by atoms with Crippen LogP contribution in [-0.2, 0) is 0 Å². The summed E-state index contributed by atoms with van der Waals surface area (Å²) >= 11 is 0. The molecule has 1 unspecified atom stereocenters. The fourth-order valence-corrected chi connectivity index (χ4v) is 5.80. The molecule has 0 bridgehead atoms. The van der Waals surface area contributed by atoms with E-state index >= 15 is 0 Å². The number of hydrogen-bond acceptors (Lipinski definition) is 0. The van der Waals surface area contributed by atoms with Crippen molar-refractivity contribution in [3.05, 3.63) is 101 Å². The van der Waals surface area contributed by atoms with E-state index in [9.17, 15) is 0 Å². The molecular weight excluding hydrogens is 436 g/mol. The molecule has 2 aromatic carbocycles. The zero-order valence-corrected chi connectivity index (χ0v) is 22.2. The zero-order valence-electron chi connectivity index (χ0n) is 22.2. The van der Waals surface area contributed by atoms with Gasteiger partial charge < -0.3 is 9.13 Å². The van der Waals surface area contributed by atoms with E-state index < -0.39 is 0 Å². The number of benzene rings is 2. The first-order chi connectivity index (χ1) is 17.7. The Morgan fingerprint density at radius 2 is 1.89 bits per heavy atom. The minimum absolute atomic E-state index is 0.289. The number of para-hydroxylation sites is 1. The molecule has 184 valence electrons. The van der Waals surface area contributed by atoms with Gasteiger partial charge in [0.05, 0.1) is 17.1 Å². The average molecular weight is 475 g/mol. The molecule has 1 aliphatic rings. The van der Waals surface area contributed by atoms with Gasteiger partial charge in [0.15, 0.2) is 0 Å². The SMILES string of the molecule is C/C=C\C1=c2c(n(C(C)/C(=C\C=C/CC)CC)c3cc4ccn(-c5ccccc5)c4cc23)=CCCC1. The second-order valence-electron chi connectivity index (χ2n) is 9.81. The third kappa shape index (κ3) is 4.30. The summed E-state index contributed by atoms with van der Waals surface area (Å²) in [7, 11) is 0. The second kappa shape index (κ2) is 10.6. The van der Waals surface area contributed by atoms with Gasteiger partial charge in [-0.25, -0.2) is 0 Å². The molecule has 2 nitrogen and oxygen atoms in total. The van der Waals surface area contributed by atoms with E-state index in [1.165, 1.54) is 55.6 Å². The van der Waals surface area contributed by atoms with E-state index in [0.717, 1.165) is 25.7 Å². The van der Waals surface area contributed by atoms with Gasteiger partial charge in [0.25, 0.3) is 0 Å². The molecule has 1 aliphatic carbocycles. The van der Waals surface area contributed by atoms with Crippen molar-refractivity contribution in [1.29, 1.82) is 0 Å².